The summed E-state index contributed by atoms with van der Waals surface area (Å²) in [5.74, 6) is 1.71. The number of hydrogen-bond donors (Lipinski definition) is 0. The maximum atomic E-state index is 13.8. The van der Waals surface area contributed by atoms with E-state index in [2.05, 4.69) is 5.10 Å². The molecule has 0 radical (unpaired) electrons. The minimum atomic E-state index is -0.298. The Labute approximate surface area is 153 Å². The van der Waals surface area contributed by atoms with Gasteiger partial charge >= 0.3 is 0 Å². The van der Waals surface area contributed by atoms with Gasteiger partial charge in [-0.05, 0) is 35.9 Å². The van der Waals surface area contributed by atoms with Crippen molar-refractivity contribution < 1.29 is 18.7 Å². The van der Waals surface area contributed by atoms with Crippen molar-refractivity contribution in [1.29, 1.82) is 0 Å². The van der Waals surface area contributed by atoms with E-state index in [1.807, 2.05) is 18.2 Å². The monoisotopic (exact) mass is 370 g/mol. The number of benzene rings is 2. The fourth-order valence-electron chi connectivity index (χ4n) is 3.74. The van der Waals surface area contributed by atoms with Gasteiger partial charge in [-0.3, -0.25) is 4.79 Å². The van der Waals surface area contributed by atoms with Crippen molar-refractivity contribution in [2.24, 2.45) is 11.0 Å². The first-order valence-electron chi connectivity index (χ1n) is 8.32. The van der Waals surface area contributed by atoms with Crippen molar-refractivity contribution in [2.75, 3.05) is 12.5 Å². The highest BCUT2D eigenvalue weighted by molar-refractivity contribution is 7.99. The Morgan fingerprint density at radius 3 is 2.92 bits per heavy atom. The molecule has 0 bridgehead atoms. The lowest BCUT2D eigenvalue weighted by Crippen LogP contribution is -2.31. The van der Waals surface area contributed by atoms with Crippen LogP contribution in [0, 0.1) is 11.7 Å². The van der Waals surface area contributed by atoms with E-state index in [1.165, 1.54) is 24.1 Å². The zero-order chi connectivity index (χ0) is 17.8. The van der Waals surface area contributed by atoms with Crippen molar-refractivity contribution in [1.82, 2.24) is 5.01 Å². The molecule has 0 spiro atoms. The van der Waals surface area contributed by atoms with Crippen molar-refractivity contribution in [3.05, 3.63) is 53.3 Å². The minimum Gasteiger partial charge on any atom is -0.454 e. The van der Waals surface area contributed by atoms with Gasteiger partial charge in [-0.15, -0.1) is 11.8 Å². The summed E-state index contributed by atoms with van der Waals surface area (Å²) in [5.41, 5.74) is 2.49. The van der Waals surface area contributed by atoms with Gasteiger partial charge in [0.05, 0.1) is 11.8 Å². The van der Waals surface area contributed by atoms with Crippen LogP contribution in [0.25, 0.3) is 0 Å². The minimum absolute atomic E-state index is 0.00132. The molecule has 5 nitrogen and oxygen atoms in total. The van der Waals surface area contributed by atoms with Crippen LogP contribution < -0.4 is 9.47 Å². The zero-order valence-electron chi connectivity index (χ0n) is 13.9. The summed E-state index contributed by atoms with van der Waals surface area (Å²) < 4.78 is 24.7. The summed E-state index contributed by atoms with van der Waals surface area (Å²) >= 11 is 1.67. The van der Waals surface area contributed by atoms with Gasteiger partial charge in [0, 0.05) is 29.1 Å². The van der Waals surface area contributed by atoms with Crippen molar-refractivity contribution in [2.45, 2.75) is 17.9 Å². The Hall–Kier alpha value is -2.54. The van der Waals surface area contributed by atoms with Crippen molar-refractivity contribution in [3.63, 3.8) is 0 Å². The highest BCUT2D eigenvalue weighted by Gasteiger charge is 2.43. The molecule has 3 heterocycles. The molecule has 2 aromatic carbocycles. The molecule has 1 amide bonds. The third-order valence-corrected chi connectivity index (χ3v) is 6.10. The molecule has 3 aliphatic rings. The number of halogens is 1. The van der Waals surface area contributed by atoms with Gasteiger partial charge in [0.15, 0.2) is 11.5 Å². The van der Waals surface area contributed by atoms with Crippen LogP contribution in [0.5, 0.6) is 11.5 Å². The number of fused-ring (bicyclic) bond motifs is 4. The Morgan fingerprint density at radius 2 is 2.08 bits per heavy atom. The van der Waals surface area contributed by atoms with E-state index in [0.717, 1.165) is 27.5 Å². The molecule has 132 valence electrons. The number of carbonyl (C=O) groups excluding carboxylic acids is 1. The summed E-state index contributed by atoms with van der Waals surface area (Å²) in [5, 5.41) is 6.10. The van der Waals surface area contributed by atoms with Gasteiger partial charge in [0.1, 0.15) is 5.82 Å². The maximum Gasteiger partial charge on any atom is 0.240 e. The highest BCUT2D eigenvalue weighted by Crippen LogP contribution is 2.47. The number of nitrogens with zero attached hydrogens (tertiary/aromatic N) is 2. The van der Waals surface area contributed by atoms with E-state index in [0.29, 0.717) is 11.5 Å². The maximum absolute atomic E-state index is 13.8. The van der Waals surface area contributed by atoms with Gasteiger partial charge in [-0.1, -0.05) is 6.07 Å². The molecule has 0 fully saturated rings. The SMILES string of the molecule is CC(=O)N1N=C2c3cc(F)ccc3SC[C@@H]2[C@H]1c1ccc2c(c1)OCO2. The number of thioether (sulfide) groups is 1. The molecule has 7 heteroatoms. The molecule has 2 atom stereocenters. The molecule has 0 unspecified atom stereocenters. The first-order valence-corrected chi connectivity index (χ1v) is 9.31. The second-order valence-electron chi connectivity index (χ2n) is 6.46. The third kappa shape index (κ3) is 2.30. The van der Waals surface area contributed by atoms with Crippen molar-refractivity contribution in [3.8, 4) is 11.5 Å². The van der Waals surface area contributed by atoms with Gasteiger partial charge in [-0.2, -0.15) is 5.10 Å². The fraction of sp³-hybridized carbons (Fsp3) is 0.263. The van der Waals surface area contributed by atoms with Crippen LogP contribution in [0.3, 0.4) is 0 Å². The number of hydrogen-bond acceptors (Lipinski definition) is 5. The first kappa shape index (κ1) is 15.7. The molecule has 2 aromatic rings. The molecule has 0 aromatic heterocycles. The van der Waals surface area contributed by atoms with E-state index in [1.54, 1.807) is 17.8 Å². The van der Waals surface area contributed by atoms with Crippen LogP contribution in [0.2, 0.25) is 0 Å². The third-order valence-electron chi connectivity index (χ3n) is 4.91. The fourth-order valence-corrected chi connectivity index (χ4v) is 4.92. The smallest absolute Gasteiger partial charge is 0.240 e. The Balaban J connectivity index is 1.60. The molecule has 26 heavy (non-hydrogen) atoms. The van der Waals surface area contributed by atoms with Gasteiger partial charge in [0.2, 0.25) is 12.7 Å². The predicted molar refractivity (Wildman–Crippen MR) is 95.0 cm³/mol. The molecule has 0 N–H and O–H groups in total. The van der Waals surface area contributed by atoms with Crippen LogP contribution in [-0.4, -0.2) is 29.2 Å². The zero-order valence-corrected chi connectivity index (χ0v) is 14.8. The summed E-state index contributed by atoms with van der Waals surface area (Å²) in [6.45, 7) is 1.70. The number of rotatable bonds is 1. The first-order chi connectivity index (χ1) is 12.6. The van der Waals surface area contributed by atoms with Crippen LogP contribution >= 0.6 is 11.8 Å². The van der Waals surface area contributed by atoms with Crippen LogP contribution in [-0.2, 0) is 4.79 Å². The quantitative estimate of drug-likeness (QED) is 0.770. The molecule has 5 rings (SSSR count). The Kier molecular flexibility index (Phi) is 3.46. The highest BCUT2D eigenvalue weighted by atomic mass is 32.2. The standard InChI is InChI=1S/C19H15FN2O3S/c1-10(23)22-19(11-2-4-15-16(6-11)25-9-24-15)14-8-26-17-5-3-12(20)7-13(17)18(14)21-22/h2-7,14,19H,8-9H2,1H3/t14-,19+/m0/s1. The Morgan fingerprint density at radius 1 is 1.23 bits per heavy atom. The number of carbonyl (C=O) groups is 1. The second kappa shape index (κ2) is 5.74. The lowest BCUT2D eigenvalue weighted by Gasteiger charge is -2.29. The van der Waals surface area contributed by atoms with E-state index >= 15 is 0 Å². The number of hydrazone groups is 1. The predicted octanol–water partition coefficient (Wildman–Crippen LogP) is 3.58. The summed E-state index contributed by atoms with van der Waals surface area (Å²) in [6, 6.07) is 10.2. The topological polar surface area (TPSA) is 51.1 Å². The van der Waals surface area contributed by atoms with Gasteiger partial charge < -0.3 is 9.47 Å². The van der Waals surface area contributed by atoms with Crippen LogP contribution in [0.4, 0.5) is 4.39 Å². The molecule has 0 aliphatic carbocycles. The molecule has 3 aliphatic heterocycles. The number of ether oxygens (including phenoxy) is 2. The average molecular weight is 370 g/mol. The van der Waals surface area contributed by atoms with E-state index in [-0.39, 0.29) is 30.5 Å². The Bertz CT molecular complexity index is 962. The van der Waals surface area contributed by atoms with Crippen LogP contribution in [0.15, 0.2) is 46.4 Å². The lowest BCUT2D eigenvalue weighted by atomic mass is 9.87. The summed E-state index contributed by atoms with van der Waals surface area (Å²) in [4.78, 5) is 13.3. The van der Waals surface area contributed by atoms with E-state index < -0.39 is 0 Å². The van der Waals surface area contributed by atoms with Crippen LogP contribution in [0.1, 0.15) is 24.1 Å². The van der Waals surface area contributed by atoms with Gasteiger partial charge in [0.25, 0.3) is 0 Å². The molecule has 0 saturated heterocycles. The van der Waals surface area contributed by atoms with Gasteiger partial charge in [-0.25, -0.2) is 9.40 Å². The van der Waals surface area contributed by atoms with E-state index in [9.17, 15) is 9.18 Å². The normalized spacial score (nSPS) is 22.7. The molecular formula is C19H15FN2O3S. The number of amides is 1. The lowest BCUT2D eigenvalue weighted by molar-refractivity contribution is -0.131. The summed E-state index contributed by atoms with van der Waals surface area (Å²) in [6.07, 6.45) is 0. The average Bonchev–Trinajstić information content (AvgIpc) is 3.25. The largest absolute Gasteiger partial charge is 0.454 e. The second-order valence-corrected chi connectivity index (χ2v) is 7.53. The van der Waals surface area contributed by atoms with E-state index in [4.69, 9.17) is 9.47 Å². The summed E-state index contributed by atoms with van der Waals surface area (Å²) in [7, 11) is 0. The molecular weight excluding hydrogens is 355 g/mol. The molecule has 0 saturated carbocycles. The van der Waals surface area contributed by atoms with Crippen molar-refractivity contribution >= 4 is 23.4 Å².